The molecule has 4 rings (SSSR count). The first-order valence-electron chi connectivity index (χ1n) is 10.1. The fourth-order valence-electron chi connectivity index (χ4n) is 4.22. The number of hydrogen-bond acceptors (Lipinski definition) is 5. The summed E-state index contributed by atoms with van der Waals surface area (Å²) in [6.07, 6.45) is 9.93. The van der Waals surface area contributed by atoms with E-state index in [0.29, 0.717) is 11.6 Å². The molecule has 1 aliphatic heterocycles. The summed E-state index contributed by atoms with van der Waals surface area (Å²) in [4.78, 5) is 21.7. The minimum atomic E-state index is 0.0382. The summed E-state index contributed by atoms with van der Waals surface area (Å²) in [5, 5.41) is 4.11. The molecule has 3 heterocycles. The Balaban J connectivity index is 1.39. The molecular weight excluding hydrogens is 342 g/mol. The number of piperidine rings is 1. The third kappa shape index (κ3) is 3.78. The van der Waals surface area contributed by atoms with Crippen molar-refractivity contribution in [3.8, 4) is 0 Å². The van der Waals surface area contributed by atoms with Gasteiger partial charge in [-0.15, -0.1) is 0 Å². The molecule has 1 saturated heterocycles. The highest BCUT2D eigenvalue weighted by Gasteiger charge is 2.31. The Bertz CT molecular complexity index is 786. The van der Waals surface area contributed by atoms with Gasteiger partial charge in [0.05, 0.1) is 0 Å². The Labute approximate surface area is 160 Å². The zero-order valence-corrected chi connectivity index (χ0v) is 16.4. The van der Waals surface area contributed by atoms with Crippen LogP contribution in [0.25, 0.3) is 0 Å². The van der Waals surface area contributed by atoms with E-state index in [2.05, 4.69) is 39.9 Å². The number of likely N-dealkylation sites (tertiary alicyclic amines) is 1. The number of aromatic nitrogens is 3. The van der Waals surface area contributed by atoms with Crippen LogP contribution in [0.2, 0.25) is 0 Å². The third-order valence-corrected chi connectivity index (χ3v) is 5.84. The maximum absolute atomic E-state index is 12.9. The van der Waals surface area contributed by atoms with Crippen molar-refractivity contribution in [2.75, 3.05) is 33.7 Å². The van der Waals surface area contributed by atoms with Gasteiger partial charge in [0.2, 0.25) is 0 Å². The number of carbonyl (C=O) groups excluding carboxylic acids is 1. The van der Waals surface area contributed by atoms with Crippen molar-refractivity contribution in [2.45, 2.75) is 51.0 Å². The first-order chi connectivity index (χ1) is 13.1. The standard InChI is InChI=1S/C20H29N5O2/c1-23(2)13-14-24-12-9-21-19(24)15-7-10-25(11-8-15)20(26)18-16-5-3-4-6-17(16)27-22-18/h9,12,15H,3-8,10-11,13-14H2,1-2H3. The predicted octanol–water partition coefficient (Wildman–Crippen LogP) is 2.33. The average Bonchev–Trinajstić information content (AvgIpc) is 3.33. The summed E-state index contributed by atoms with van der Waals surface area (Å²) in [5.41, 5.74) is 1.60. The Morgan fingerprint density at radius 3 is 2.81 bits per heavy atom. The number of nitrogens with zero attached hydrogens (tertiary/aromatic N) is 5. The van der Waals surface area contributed by atoms with Crippen molar-refractivity contribution >= 4 is 5.91 Å². The highest BCUT2D eigenvalue weighted by Crippen LogP contribution is 2.29. The van der Waals surface area contributed by atoms with Crippen LogP contribution in [0.4, 0.5) is 0 Å². The van der Waals surface area contributed by atoms with Gasteiger partial charge in [0, 0.05) is 56.5 Å². The van der Waals surface area contributed by atoms with Gasteiger partial charge in [-0.3, -0.25) is 4.79 Å². The normalized spacial score (nSPS) is 18.1. The molecule has 0 unspecified atom stereocenters. The quantitative estimate of drug-likeness (QED) is 0.807. The molecule has 0 spiro atoms. The Hall–Kier alpha value is -2.15. The number of carbonyl (C=O) groups is 1. The van der Waals surface area contributed by atoms with E-state index in [1.54, 1.807) is 0 Å². The summed E-state index contributed by atoms with van der Waals surface area (Å²) in [5.74, 6) is 2.53. The van der Waals surface area contributed by atoms with Gasteiger partial charge in [0.1, 0.15) is 11.6 Å². The van der Waals surface area contributed by atoms with E-state index in [1.807, 2.05) is 11.1 Å². The Kier molecular flexibility index (Phi) is 5.29. The number of fused-ring (bicyclic) bond motifs is 1. The van der Waals surface area contributed by atoms with Gasteiger partial charge in [-0.05, 0) is 46.2 Å². The summed E-state index contributed by atoms with van der Waals surface area (Å²) in [6, 6.07) is 0. The Morgan fingerprint density at radius 1 is 1.26 bits per heavy atom. The maximum atomic E-state index is 12.9. The van der Waals surface area contributed by atoms with E-state index in [9.17, 15) is 4.79 Å². The number of hydrogen-bond donors (Lipinski definition) is 0. The molecule has 7 nitrogen and oxygen atoms in total. The molecule has 1 fully saturated rings. The number of aryl methyl sites for hydroxylation is 1. The molecule has 0 aromatic carbocycles. The number of likely N-dealkylation sites (N-methyl/N-ethyl adjacent to an activating group) is 1. The van der Waals surface area contributed by atoms with Crippen molar-refractivity contribution in [3.05, 3.63) is 35.2 Å². The van der Waals surface area contributed by atoms with Crippen LogP contribution < -0.4 is 0 Å². The van der Waals surface area contributed by atoms with Gasteiger partial charge in [-0.25, -0.2) is 4.98 Å². The molecular formula is C20H29N5O2. The van der Waals surface area contributed by atoms with Crippen molar-refractivity contribution in [3.63, 3.8) is 0 Å². The van der Waals surface area contributed by atoms with Crippen molar-refractivity contribution in [2.24, 2.45) is 0 Å². The van der Waals surface area contributed by atoms with Gasteiger partial charge >= 0.3 is 0 Å². The molecule has 1 amide bonds. The van der Waals surface area contributed by atoms with Crippen LogP contribution >= 0.6 is 0 Å². The smallest absolute Gasteiger partial charge is 0.276 e. The van der Waals surface area contributed by atoms with E-state index in [4.69, 9.17) is 4.52 Å². The van der Waals surface area contributed by atoms with E-state index in [0.717, 1.165) is 81.9 Å². The monoisotopic (exact) mass is 371 g/mol. The molecule has 2 aliphatic rings. The van der Waals surface area contributed by atoms with Gasteiger partial charge in [0.25, 0.3) is 5.91 Å². The third-order valence-electron chi connectivity index (χ3n) is 5.84. The van der Waals surface area contributed by atoms with E-state index in [-0.39, 0.29) is 5.91 Å². The highest BCUT2D eigenvalue weighted by molar-refractivity contribution is 5.94. The van der Waals surface area contributed by atoms with Crippen LogP contribution in [-0.4, -0.2) is 64.1 Å². The first kappa shape index (κ1) is 18.2. The molecule has 0 N–H and O–H groups in total. The molecule has 0 atom stereocenters. The number of rotatable bonds is 5. The lowest BCUT2D eigenvalue weighted by Gasteiger charge is -2.31. The second-order valence-electron chi connectivity index (χ2n) is 7.99. The number of imidazole rings is 1. The van der Waals surface area contributed by atoms with Crippen LogP contribution in [0.1, 0.15) is 59.2 Å². The van der Waals surface area contributed by atoms with Gasteiger partial charge in [0.15, 0.2) is 5.69 Å². The lowest BCUT2D eigenvalue weighted by molar-refractivity contribution is 0.0698. The van der Waals surface area contributed by atoms with Crippen molar-refractivity contribution in [1.29, 1.82) is 0 Å². The van der Waals surface area contributed by atoms with Gasteiger partial charge in [-0.1, -0.05) is 5.16 Å². The van der Waals surface area contributed by atoms with E-state index in [1.165, 1.54) is 0 Å². The van der Waals surface area contributed by atoms with Crippen molar-refractivity contribution < 1.29 is 9.32 Å². The largest absolute Gasteiger partial charge is 0.360 e. The zero-order valence-electron chi connectivity index (χ0n) is 16.4. The zero-order chi connectivity index (χ0) is 18.8. The lowest BCUT2D eigenvalue weighted by atomic mass is 9.94. The van der Waals surface area contributed by atoms with Crippen LogP contribution in [0, 0.1) is 0 Å². The molecule has 27 heavy (non-hydrogen) atoms. The summed E-state index contributed by atoms with van der Waals surface area (Å²) in [6.45, 7) is 3.46. The van der Waals surface area contributed by atoms with Crippen LogP contribution in [0.15, 0.2) is 16.9 Å². The topological polar surface area (TPSA) is 67.4 Å². The molecule has 0 saturated carbocycles. The first-order valence-corrected chi connectivity index (χ1v) is 10.1. The molecule has 146 valence electrons. The molecule has 1 aliphatic carbocycles. The Morgan fingerprint density at radius 2 is 2.04 bits per heavy atom. The molecule has 2 aromatic rings. The van der Waals surface area contributed by atoms with Crippen molar-refractivity contribution in [1.82, 2.24) is 24.5 Å². The molecule has 2 aromatic heterocycles. The summed E-state index contributed by atoms with van der Waals surface area (Å²) in [7, 11) is 4.17. The van der Waals surface area contributed by atoms with E-state index < -0.39 is 0 Å². The average molecular weight is 371 g/mol. The lowest BCUT2D eigenvalue weighted by Crippen LogP contribution is -2.39. The fourth-order valence-corrected chi connectivity index (χ4v) is 4.22. The van der Waals surface area contributed by atoms with Crippen LogP contribution in [0.5, 0.6) is 0 Å². The second-order valence-corrected chi connectivity index (χ2v) is 7.99. The van der Waals surface area contributed by atoms with E-state index >= 15 is 0 Å². The van der Waals surface area contributed by atoms with Crippen LogP contribution in [-0.2, 0) is 19.4 Å². The fraction of sp³-hybridized carbons (Fsp3) is 0.650. The van der Waals surface area contributed by atoms with Gasteiger partial charge in [-0.2, -0.15) is 0 Å². The number of amides is 1. The molecule has 0 radical (unpaired) electrons. The molecule has 7 heteroatoms. The van der Waals surface area contributed by atoms with Gasteiger partial charge < -0.3 is 18.9 Å². The predicted molar refractivity (Wildman–Crippen MR) is 102 cm³/mol. The minimum absolute atomic E-state index is 0.0382. The minimum Gasteiger partial charge on any atom is -0.360 e. The summed E-state index contributed by atoms with van der Waals surface area (Å²) >= 11 is 0. The summed E-state index contributed by atoms with van der Waals surface area (Å²) < 4.78 is 7.69. The maximum Gasteiger partial charge on any atom is 0.276 e. The SMILES string of the molecule is CN(C)CCn1ccnc1C1CCN(C(=O)c2noc3c2CCCC3)CC1. The van der Waals surface area contributed by atoms with Crippen LogP contribution in [0.3, 0.4) is 0 Å². The second kappa shape index (κ2) is 7.84. The highest BCUT2D eigenvalue weighted by atomic mass is 16.5. The molecule has 0 bridgehead atoms.